The first-order valence-corrected chi connectivity index (χ1v) is 8.24. The molecule has 116 valence electrons. The number of rotatable bonds is 7. The van der Waals surface area contributed by atoms with Crippen molar-refractivity contribution in [1.82, 2.24) is 10.2 Å². The molecule has 0 bridgehead atoms. The van der Waals surface area contributed by atoms with Crippen molar-refractivity contribution in [2.24, 2.45) is 0 Å². The lowest BCUT2D eigenvalue weighted by Crippen LogP contribution is -2.37. The van der Waals surface area contributed by atoms with Crippen LogP contribution in [0, 0.1) is 6.92 Å². The zero-order valence-corrected chi connectivity index (χ0v) is 13.6. The van der Waals surface area contributed by atoms with Gasteiger partial charge in [0.15, 0.2) is 0 Å². The van der Waals surface area contributed by atoms with Gasteiger partial charge in [0.05, 0.1) is 6.54 Å². The van der Waals surface area contributed by atoms with Crippen LogP contribution >= 0.6 is 0 Å². The molecule has 0 saturated carbocycles. The summed E-state index contributed by atoms with van der Waals surface area (Å²) in [4.78, 5) is 14.3. The van der Waals surface area contributed by atoms with E-state index in [0.29, 0.717) is 12.6 Å². The summed E-state index contributed by atoms with van der Waals surface area (Å²) in [5, 5.41) is 3.36. The van der Waals surface area contributed by atoms with Crippen LogP contribution in [-0.2, 0) is 4.79 Å². The average Bonchev–Trinajstić information content (AvgIpc) is 2.85. The van der Waals surface area contributed by atoms with Crippen molar-refractivity contribution in [3.8, 4) is 0 Å². The molecule has 0 aliphatic carbocycles. The fraction of sp³-hybridized carbons (Fsp3) is 0.611. The highest BCUT2D eigenvalue weighted by atomic mass is 16.2. The minimum Gasteiger partial charge on any atom is -0.319 e. The van der Waals surface area contributed by atoms with Crippen LogP contribution < -0.4 is 5.32 Å². The number of nitrogens with one attached hydrogen (secondary N) is 1. The molecule has 2 unspecified atom stereocenters. The summed E-state index contributed by atoms with van der Waals surface area (Å²) in [6.07, 6.45) is 6.16. The molecule has 2 atom stereocenters. The smallest absolute Gasteiger partial charge is 0.238 e. The highest BCUT2D eigenvalue weighted by molar-refractivity contribution is 5.81. The maximum absolute atomic E-state index is 12.2. The Balaban J connectivity index is 2.02. The monoisotopic (exact) mass is 288 g/mol. The van der Waals surface area contributed by atoms with Crippen molar-refractivity contribution in [2.75, 3.05) is 6.54 Å². The molecule has 3 nitrogen and oxygen atoms in total. The van der Waals surface area contributed by atoms with Crippen molar-refractivity contribution in [3.63, 3.8) is 0 Å². The number of amides is 1. The molecule has 2 rings (SSSR count). The number of carbonyl (C=O) groups is 1. The number of unbranched alkanes of at least 4 members (excludes halogenated alkanes) is 3. The molecule has 3 heteroatoms. The fourth-order valence-electron chi connectivity index (χ4n) is 3.14. The topological polar surface area (TPSA) is 32.3 Å². The van der Waals surface area contributed by atoms with Gasteiger partial charge in [-0.25, -0.2) is 0 Å². The Morgan fingerprint density at radius 2 is 2.14 bits per heavy atom. The van der Waals surface area contributed by atoms with E-state index in [1.165, 1.54) is 36.8 Å². The number of benzene rings is 1. The van der Waals surface area contributed by atoms with Crippen LogP contribution in [0.1, 0.15) is 63.2 Å². The molecule has 0 aromatic heterocycles. The van der Waals surface area contributed by atoms with Gasteiger partial charge >= 0.3 is 0 Å². The number of carbonyl (C=O) groups excluding carboxylic acids is 1. The van der Waals surface area contributed by atoms with Crippen molar-refractivity contribution >= 4 is 5.91 Å². The van der Waals surface area contributed by atoms with Crippen LogP contribution in [0.5, 0.6) is 0 Å². The van der Waals surface area contributed by atoms with Gasteiger partial charge in [0.2, 0.25) is 5.91 Å². The van der Waals surface area contributed by atoms with E-state index in [4.69, 9.17) is 0 Å². The molecule has 0 radical (unpaired) electrons. The highest BCUT2D eigenvalue weighted by Crippen LogP contribution is 2.27. The van der Waals surface area contributed by atoms with Crippen LogP contribution in [0.25, 0.3) is 0 Å². The van der Waals surface area contributed by atoms with Crippen LogP contribution in [0.4, 0.5) is 0 Å². The average molecular weight is 288 g/mol. The van der Waals surface area contributed by atoms with Crippen LogP contribution in [-0.4, -0.2) is 23.4 Å². The van der Waals surface area contributed by atoms with Crippen molar-refractivity contribution < 1.29 is 4.79 Å². The maximum Gasteiger partial charge on any atom is 0.238 e. The number of nitrogens with zero attached hydrogens (tertiary/aromatic N) is 1. The summed E-state index contributed by atoms with van der Waals surface area (Å²) in [6.45, 7) is 6.96. The summed E-state index contributed by atoms with van der Waals surface area (Å²) < 4.78 is 0. The number of hydrogen-bond acceptors (Lipinski definition) is 2. The zero-order chi connectivity index (χ0) is 15.2. The Labute approximate surface area is 128 Å². The predicted molar refractivity (Wildman–Crippen MR) is 87.0 cm³/mol. The first-order chi connectivity index (χ1) is 10.1. The van der Waals surface area contributed by atoms with Gasteiger partial charge in [-0.2, -0.15) is 0 Å². The molecular weight excluding hydrogens is 260 g/mol. The molecule has 1 aromatic carbocycles. The van der Waals surface area contributed by atoms with Crippen molar-refractivity contribution in [1.29, 1.82) is 0 Å². The van der Waals surface area contributed by atoms with Gasteiger partial charge in [0.1, 0.15) is 6.17 Å². The standard InChI is InChI=1S/C18H28N2O/c1-4-5-6-7-10-15(3)20-17(21)13-19-18(20)16-11-8-9-14(2)12-16/h8-9,11-12,15,18-19H,4-7,10,13H2,1-3H3. The van der Waals surface area contributed by atoms with E-state index in [2.05, 4.69) is 50.4 Å². The lowest BCUT2D eigenvalue weighted by molar-refractivity contribution is -0.130. The lowest BCUT2D eigenvalue weighted by atomic mass is 10.0. The summed E-state index contributed by atoms with van der Waals surface area (Å²) in [6, 6.07) is 8.75. The van der Waals surface area contributed by atoms with Crippen molar-refractivity contribution in [2.45, 2.75) is 65.1 Å². The second-order valence-electron chi connectivity index (χ2n) is 6.20. The van der Waals surface area contributed by atoms with Gasteiger partial charge in [0, 0.05) is 6.04 Å². The van der Waals surface area contributed by atoms with Gasteiger partial charge in [-0.15, -0.1) is 0 Å². The molecular formula is C18H28N2O. The Morgan fingerprint density at radius 1 is 1.33 bits per heavy atom. The third-order valence-corrected chi connectivity index (χ3v) is 4.32. The third-order valence-electron chi connectivity index (χ3n) is 4.32. The van der Waals surface area contributed by atoms with Gasteiger partial charge in [-0.3, -0.25) is 10.1 Å². The molecule has 21 heavy (non-hydrogen) atoms. The molecule has 0 spiro atoms. The molecule has 1 aliphatic rings. The van der Waals surface area contributed by atoms with Gasteiger partial charge in [0.25, 0.3) is 0 Å². The molecule has 1 amide bonds. The normalized spacial score (nSPS) is 20.0. The minimum absolute atomic E-state index is 0.0403. The molecule has 1 aliphatic heterocycles. The summed E-state index contributed by atoms with van der Waals surface area (Å²) in [7, 11) is 0. The summed E-state index contributed by atoms with van der Waals surface area (Å²) in [5.74, 6) is 0.226. The minimum atomic E-state index is 0.0403. The molecule has 1 saturated heterocycles. The zero-order valence-electron chi connectivity index (χ0n) is 13.6. The van der Waals surface area contributed by atoms with Gasteiger partial charge < -0.3 is 4.90 Å². The fourth-order valence-corrected chi connectivity index (χ4v) is 3.14. The van der Waals surface area contributed by atoms with E-state index in [9.17, 15) is 4.79 Å². The maximum atomic E-state index is 12.2. The predicted octanol–water partition coefficient (Wildman–Crippen LogP) is 3.78. The van der Waals surface area contributed by atoms with Crippen LogP contribution in [0.15, 0.2) is 24.3 Å². The Bertz CT molecular complexity index is 472. The van der Waals surface area contributed by atoms with E-state index in [1.807, 2.05) is 4.90 Å². The summed E-state index contributed by atoms with van der Waals surface area (Å²) >= 11 is 0. The van der Waals surface area contributed by atoms with E-state index < -0.39 is 0 Å². The van der Waals surface area contributed by atoms with E-state index >= 15 is 0 Å². The number of hydrogen-bond donors (Lipinski definition) is 1. The van der Waals surface area contributed by atoms with Crippen LogP contribution in [0.3, 0.4) is 0 Å². The lowest BCUT2D eigenvalue weighted by Gasteiger charge is -2.31. The SMILES string of the molecule is CCCCCCC(C)N1C(=O)CNC1c1cccc(C)c1. The summed E-state index contributed by atoms with van der Waals surface area (Å²) in [5.41, 5.74) is 2.44. The first-order valence-electron chi connectivity index (χ1n) is 8.24. The van der Waals surface area contributed by atoms with Crippen molar-refractivity contribution in [3.05, 3.63) is 35.4 Å². The molecule has 1 N–H and O–H groups in total. The molecule has 1 heterocycles. The molecule has 1 fully saturated rings. The quantitative estimate of drug-likeness (QED) is 0.774. The van der Waals surface area contributed by atoms with E-state index in [-0.39, 0.29) is 12.1 Å². The number of aryl methyl sites for hydroxylation is 1. The van der Waals surface area contributed by atoms with Gasteiger partial charge in [-0.1, -0.05) is 62.4 Å². The molecule has 1 aromatic rings. The van der Waals surface area contributed by atoms with E-state index in [1.54, 1.807) is 0 Å². The second kappa shape index (κ2) is 7.60. The van der Waals surface area contributed by atoms with E-state index in [0.717, 1.165) is 6.42 Å². The Morgan fingerprint density at radius 3 is 2.86 bits per heavy atom. The van der Waals surface area contributed by atoms with Crippen LogP contribution in [0.2, 0.25) is 0 Å². The third kappa shape index (κ3) is 4.07. The highest BCUT2D eigenvalue weighted by Gasteiger charge is 2.34. The second-order valence-corrected chi connectivity index (χ2v) is 6.20. The Kier molecular flexibility index (Phi) is 5.80. The largest absolute Gasteiger partial charge is 0.319 e. The first kappa shape index (κ1) is 16.0. The van der Waals surface area contributed by atoms with Gasteiger partial charge in [-0.05, 0) is 25.8 Å². The Hall–Kier alpha value is -1.35.